The molecule has 0 radical (unpaired) electrons. The molecule has 3 saturated carbocycles. The summed E-state index contributed by atoms with van der Waals surface area (Å²) in [5, 5.41) is 11.1. The molecular weight excluding hydrogens is 478 g/mol. The molecule has 7 nitrogen and oxygen atoms in total. The number of ketones is 2. The van der Waals surface area contributed by atoms with E-state index in [2.05, 4.69) is 4.52 Å². The Hall–Kier alpha value is -0.530. The van der Waals surface area contributed by atoms with Crippen LogP contribution in [0.1, 0.15) is 46.5 Å². The van der Waals surface area contributed by atoms with Gasteiger partial charge in [-0.15, -0.1) is 23.2 Å². The topological polar surface area (TPSA) is 121 Å². The van der Waals surface area contributed by atoms with E-state index in [0.29, 0.717) is 19.3 Å². The highest BCUT2D eigenvalue weighted by Crippen LogP contribution is 2.72. The van der Waals surface area contributed by atoms with Gasteiger partial charge in [0.1, 0.15) is 12.2 Å². The molecule has 0 aliphatic heterocycles. The average Bonchev–Trinajstić information content (AvgIpc) is 2.89. The lowest BCUT2D eigenvalue weighted by atomic mass is 9.46. The van der Waals surface area contributed by atoms with Gasteiger partial charge < -0.3 is 14.9 Å². The summed E-state index contributed by atoms with van der Waals surface area (Å²) in [6, 6.07) is 0. The van der Waals surface area contributed by atoms with Crippen LogP contribution in [-0.4, -0.2) is 48.9 Å². The van der Waals surface area contributed by atoms with Gasteiger partial charge in [-0.2, -0.15) is 0 Å². The number of rotatable bonds is 4. The van der Waals surface area contributed by atoms with Gasteiger partial charge in [-0.1, -0.05) is 32.4 Å². The van der Waals surface area contributed by atoms with Crippen molar-refractivity contribution in [1.29, 1.82) is 0 Å². The molecule has 0 saturated heterocycles. The number of phosphoric ester groups is 1. The van der Waals surface area contributed by atoms with Crippen LogP contribution >= 0.6 is 31.0 Å². The lowest BCUT2D eigenvalue weighted by molar-refractivity contribution is -0.167. The zero-order valence-corrected chi connectivity index (χ0v) is 20.7. The van der Waals surface area contributed by atoms with Crippen molar-refractivity contribution in [3.05, 3.63) is 23.8 Å². The lowest BCUT2D eigenvalue weighted by Crippen LogP contribution is -2.67. The van der Waals surface area contributed by atoms with E-state index >= 15 is 0 Å². The van der Waals surface area contributed by atoms with Gasteiger partial charge in [-0.05, 0) is 55.6 Å². The first-order valence-corrected chi connectivity index (χ1v) is 13.2. The van der Waals surface area contributed by atoms with E-state index in [1.165, 1.54) is 6.08 Å². The van der Waals surface area contributed by atoms with Crippen LogP contribution in [-0.2, 0) is 18.7 Å². The van der Waals surface area contributed by atoms with Crippen LogP contribution in [0.4, 0.5) is 0 Å². The Bertz CT molecular complexity index is 975. The van der Waals surface area contributed by atoms with Crippen molar-refractivity contribution < 1.29 is 33.6 Å². The maximum atomic E-state index is 13.1. The fourth-order valence-electron chi connectivity index (χ4n) is 7.33. The van der Waals surface area contributed by atoms with Gasteiger partial charge in [0.2, 0.25) is 0 Å². The fraction of sp³-hybridized carbons (Fsp3) is 0.727. The molecule has 0 spiro atoms. The van der Waals surface area contributed by atoms with E-state index in [0.717, 1.165) is 5.57 Å². The van der Waals surface area contributed by atoms with Crippen LogP contribution in [0.25, 0.3) is 0 Å². The van der Waals surface area contributed by atoms with Crippen LogP contribution < -0.4 is 0 Å². The fourth-order valence-corrected chi connectivity index (χ4v) is 8.85. The molecule has 4 aliphatic carbocycles. The van der Waals surface area contributed by atoms with Gasteiger partial charge in [-0.25, -0.2) is 4.57 Å². The van der Waals surface area contributed by atoms with Crippen LogP contribution in [0.2, 0.25) is 0 Å². The third kappa shape index (κ3) is 3.12. The Morgan fingerprint density at radius 3 is 2.59 bits per heavy atom. The smallest absolute Gasteiger partial charge is 0.381 e. The van der Waals surface area contributed by atoms with Gasteiger partial charge in [0.05, 0.1) is 10.3 Å². The van der Waals surface area contributed by atoms with Crippen LogP contribution in [0.15, 0.2) is 23.8 Å². The van der Waals surface area contributed by atoms with Gasteiger partial charge in [0.15, 0.2) is 11.6 Å². The Balaban J connectivity index is 1.74. The molecule has 0 unspecified atom stereocenters. The maximum Gasteiger partial charge on any atom is 0.470 e. The third-order valence-corrected chi connectivity index (χ3v) is 11.0. The van der Waals surface area contributed by atoms with Crippen LogP contribution in [0, 0.1) is 28.6 Å². The molecule has 32 heavy (non-hydrogen) atoms. The van der Waals surface area contributed by atoms with Gasteiger partial charge in [-0.3, -0.25) is 14.1 Å². The van der Waals surface area contributed by atoms with E-state index in [9.17, 15) is 19.3 Å². The number of aliphatic hydroxyl groups is 1. The molecular formula is C22H29Cl2O7P. The largest absolute Gasteiger partial charge is 0.470 e. The van der Waals surface area contributed by atoms with Crippen molar-refractivity contribution in [3.63, 3.8) is 0 Å². The minimum absolute atomic E-state index is 0.0671. The summed E-state index contributed by atoms with van der Waals surface area (Å²) in [7, 11) is -4.87. The lowest BCUT2D eigenvalue weighted by Gasteiger charge is -2.63. The summed E-state index contributed by atoms with van der Waals surface area (Å²) in [5.74, 6) is -1.56. The van der Waals surface area contributed by atoms with E-state index in [1.54, 1.807) is 13.0 Å². The highest BCUT2D eigenvalue weighted by Gasteiger charge is 2.74. The highest BCUT2D eigenvalue weighted by atomic mass is 35.5. The number of Topliss-reactive ketones (excluding diaryl/α,β-unsaturated/α-hetero) is 1. The van der Waals surface area contributed by atoms with Crippen LogP contribution in [0.3, 0.4) is 0 Å². The zero-order chi connectivity index (χ0) is 23.9. The normalized spacial score (nSPS) is 48.0. The maximum absolute atomic E-state index is 13.1. The number of hydrogen-bond acceptors (Lipinski definition) is 5. The molecule has 0 heterocycles. The number of fused-ring (bicyclic) bond motifs is 5. The van der Waals surface area contributed by atoms with Gasteiger partial charge in [0, 0.05) is 10.8 Å². The third-order valence-electron chi connectivity index (χ3n) is 8.97. The van der Waals surface area contributed by atoms with E-state index in [4.69, 9.17) is 33.0 Å². The molecule has 0 amide bonds. The number of carbonyl (C=O) groups excluding carboxylic acids is 2. The minimum Gasteiger partial charge on any atom is -0.381 e. The Kier molecular flexibility index (Phi) is 5.75. The zero-order valence-electron chi connectivity index (χ0n) is 18.3. The summed E-state index contributed by atoms with van der Waals surface area (Å²) < 4.78 is 15.6. The van der Waals surface area contributed by atoms with E-state index < -0.39 is 52.8 Å². The van der Waals surface area contributed by atoms with Gasteiger partial charge in [0.25, 0.3) is 0 Å². The molecule has 178 valence electrons. The van der Waals surface area contributed by atoms with Crippen molar-refractivity contribution in [3.8, 4) is 0 Å². The predicted octanol–water partition coefficient (Wildman–Crippen LogP) is 3.53. The second-order valence-corrected chi connectivity index (χ2v) is 12.7. The minimum atomic E-state index is -4.87. The second-order valence-electron chi connectivity index (χ2n) is 10.3. The standard InChI is InChI=1S/C22H29Cl2O7P/c1-12-8-16-15-5-4-13-9-14(25)6-7-19(13,2)21(15,24)17(23)10-20(16,3)22(12,27)18(26)11-31-32(28,29)30/h6-7,9,12,15-17,27H,4-5,8,10-11H2,1-3H3,(H2,28,29,30)/t12-,15+,16+,17-,19+,20-,21+,22+/m0/s1. The number of carbonyl (C=O) groups is 2. The second kappa shape index (κ2) is 7.48. The Morgan fingerprint density at radius 1 is 1.31 bits per heavy atom. The molecule has 10 heteroatoms. The van der Waals surface area contributed by atoms with Crippen molar-refractivity contribution in [2.45, 2.75) is 62.3 Å². The Morgan fingerprint density at radius 2 is 1.97 bits per heavy atom. The molecule has 4 rings (SSSR count). The number of hydrogen-bond donors (Lipinski definition) is 3. The first-order chi connectivity index (χ1) is 14.6. The summed E-state index contributed by atoms with van der Waals surface area (Å²) in [5.41, 5.74) is -2.47. The van der Waals surface area contributed by atoms with Crippen molar-refractivity contribution in [2.24, 2.45) is 28.6 Å². The SMILES string of the molecule is C[C@H]1C[C@@H]2[C@H]3CCC4=CC(=O)C=C[C@@]4(C)[C@]3(Cl)[C@@H](Cl)C[C@]2(C)[C@]1(O)C(=O)COP(=O)(O)O. The van der Waals surface area contributed by atoms with E-state index in [1.807, 2.05) is 19.9 Å². The molecule has 4 aliphatic rings. The van der Waals surface area contributed by atoms with Crippen molar-refractivity contribution >= 4 is 42.6 Å². The number of allylic oxidation sites excluding steroid dienone is 4. The predicted molar refractivity (Wildman–Crippen MR) is 119 cm³/mol. The molecule has 0 aromatic carbocycles. The monoisotopic (exact) mass is 506 g/mol. The quantitative estimate of drug-likeness (QED) is 0.393. The van der Waals surface area contributed by atoms with Crippen molar-refractivity contribution in [2.75, 3.05) is 6.61 Å². The van der Waals surface area contributed by atoms with Crippen molar-refractivity contribution in [1.82, 2.24) is 0 Å². The summed E-state index contributed by atoms with van der Waals surface area (Å²) in [6.07, 6.45) is 7.14. The molecule has 0 aromatic heterocycles. The molecule has 8 atom stereocenters. The highest BCUT2D eigenvalue weighted by molar-refractivity contribution is 7.46. The number of halogens is 2. The Labute approximate surface area is 197 Å². The molecule has 0 bridgehead atoms. The average molecular weight is 507 g/mol. The van der Waals surface area contributed by atoms with Gasteiger partial charge >= 0.3 is 7.82 Å². The molecule has 3 N–H and O–H groups in total. The molecule has 0 aromatic rings. The summed E-state index contributed by atoms with van der Waals surface area (Å²) in [4.78, 5) is 42.2. The van der Waals surface area contributed by atoms with Crippen LogP contribution in [0.5, 0.6) is 0 Å². The number of phosphoric acid groups is 1. The molecule has 3 fully saturated rings. The number of alkyl halides is 2. The summed E-state index contributed by atoms with van der Waals surface area (Å²) in [6.45, 7) is 4.72. The first-order valence-electron chi connectivity index (χ1n) is 10.8. The first kappa shape index (κ1) is 24.6. The van der Waals surface area contributed by atoms with E-state index in [-0.39, 0.29) is 24.0 Å². The summed E-state index contributed by atoms with van der Waals surface area (Å²) >= 11 is 14.4.